The van der Waals surface area contributed by atoms with Gasteiger partial charge in [0.2, 0.25) is 0 Å². The van der Waals surface area contributed by atoms with Gasteiger partial charge in [-0.1, -0.05) is 15.9 Å². The van der Waals surface area contributed by atoms with Crippen LogP contribution in [0.2, 0.25) is 0 Å². The SMILES string of the molecule is Fc1ccc(I)c(CBr)c1. The maximum atomic E-state index is 12.5. The van der Waals surface area contributed by atoms with Crippen LogP contribution in [0.1, 0.15) is 5.56 Å². The van der Waals surface area contributed by atoms with Gasteiger partial charge in [0.25, 0.3) is 0 Å². The summed E-state index contributed by atoms with van der Waals surface area (Å²) in [6.45, 7) is 0. The average Bonchev–Trinajstić information content (AvgIpc) is 1.94. The molecule has 0 amide bonds. The maximum absolute atomic E-state index is 12.5. The van der Waals surface area contributed by atoms with Crippen LogP contribution in [0.15, 0.2) is 18.2 Å². The largest absolute Gasteiger partial charge is 0.207 e. The number of hydrogen-bond donors (Lipinski definition) is 0. The molecule has 0 bridgehead atoms. The molecule has 0 aliphatic heterocycles. The lowest BCUT2D eigenvalue weighted by Gasteiger charge is -1.97. The van der Waals surface area contributed by atoms with E-state index in [9.17, 15) is 4.39 Å². The van der Waals surface area contributed by atoms with Gasteiger partial charge in [-0.05, 0) is 46.4 Å². The van der Waals surface area contributed by atoms with Gasteiger partial charge in [0, 0.05) is 8.90 Å². The highest BCUT2D eigenvalue weighted by Crippen LogP contribution is 2.15. The molecule has 3 heteroatoms. The Bertz CT molecular complexity index is 237. The Hall–Kier alpha value is 0.360. The van der Waals surface area contributed by atoms with Gasteiger partial charge in [-0.2, -0.15) is 0 Å². The molecule has 0 heterocycles. The summed E-state index contributed by atoms with van der Waals surface area (Å²) in [6, 6.07) is 4.77. The van der Waals surface area contributed by atoms with Crippen molar-refractivity contribution in [3.8, 4) is 0 Å². The van der Waals surface area contributed by atoms with E-state index >= 15 is 0 Å². The number of hydrogen-bond acceptors (Lipinski definition) is 0. The van der Waals surface area contributed by atoms with Crippen molar-refractivity contribution in [2.45, 2.75) is 5.33 Å². The van der Waals surface area contributed by atoms with Crippen LogP contribution < -0.4 is 0 Å². The highest BCUT2D eigenvalue weighted by atomic mass is 127. The monoisotopic (exact) mass is 314 g/mol. The van der Waals surface area contributed by atoms with Crippen LogP contribution in [-0.2, 0) is 5.33 Å². The number of rotatable bonds is 1. The van der Waals surface area contributed by atoms with E-state index in [2.05, 4.69) is 38.5 Å². The first-order valence-electron chi connectivity index (χ1n) is 2.74. The first kappa shape index (κ1) is 8.46. The Kier molecular flexibility index (Phi) is 3.10. The molecule has 0 saturated carbocycles. The minimum Gasteiger partial charge on any atom is -0.207 e. The molecule has 54 valence electrons. The third kappa shape index (κ3) is 1.92. The van der Waals surface area contributed by atoms with Crippen LogP contribution in [0.5, 0.6) is 0 Å². The first-order valence-corrected chi connectivity index (χ1v) is 4.94. The average molecular weight is 315 g/mol. The van der Waals surface area contributed by atoms with E-state index in [1.807, 2.05) is 0 Å². The van der Waals surface area contributed by atoms with Crippen molar-refractivity contribution in [2.75, 3.05) is 0 Å². The predicted molar refractivity (Wildman–Crippen MR) is 51.7 cm³/mol. The maximum Gasteiger partial charge on any atom is 0.123 e. The quantitative estimate of drug-likeness (QED) is 0.551. The Labute approximate surface area is 81.1 Å². The fourth-order valence-corrected chi connectivity index (χ4v) is 2.16. The molecule has 0 saturated heterocycles. The Morgan fingerprint density at radius 2 is 2.20 bits per heavy atom. The Morgan fingerprint density at radius 3 is 2.70 bits per heavy atom. The minimum absolute atomic E-state index is 0.171. The summed E-state index contributed by atoms with van der Waals surface area (Å²) in [5, 5.41) is 0.711. The number of benzene rings is 1. The molecule has 1 aromatic carbocycles. The van der Waals surface area contributed by atoms with E-state index in [0.29, 0.717) is 5.33 Å². The van der Waals surface area contributed by atoms with Crippen LogP contribution in [0, 0.1) is 9.39 Å². The summed E-state index contributed by atoms with van der Waals surface area (Å²) < 4.78 is 13.6. The highest BCUT2D eigenvalue weighted by molar-refractivity contribution is 14.1. The van der Waals surface area contributed by atoms with Gasteiger partial charge in [0.15, 0.2) is 0 Å². The molecule has 0 aliphatic rings. The molecule has 0 unspecified atom stereocenters. The van der Waals surface area contributed by atoms with Crippen molar-refractivity contribution >= 4 is 38.5 Å². The lowest BCUT2D eigenvalue weighted by Crippen LogP contribution is -1.84. The molecule has 1 rings (SSSR count). The van der Waals surface area contributed by atoms with Gasteiger partial charge in [-0.25, -0.2) is 4.39 Å². The molecule has 0 nitrogen and oxygen atoms in total. The molecule has 0 N–H and O–H groups in total. The third-order valence-corrected chi connectivity index (χ3v) is 2.81. The number of halogens is 3. The van der Waals surface area contributed by atoms with Crippen molar-refractivity contribution < 1.29 is 4.39 Å². The molecule has 1 aromatic rings. The predicted octanol–water partition coefficient (Wildman–Crippen LogP) is 3.33. The zero-order valence-electron chi connectivity index (χ0n) is 5.07. The number of alkyl halides is 1. The van der Waals surface area contributed by atoms with E-state index in [4.69, 9.17) is 0 Å². The summed E-state index contributed by atoms with van der Waals surface area (Å²) >= 11 is 5.45. The van der Waals surface area contributed by atoms with Crippen molar-refractivity contribution in [1.29, 1.82) is 0 Å². The lowest BCUT2D eigenvalue weighted by atomic mass is 10.2. The van der Waals surface area contributed by atoms with Crippen LogP contribution in [0.25, 0.3) is 0 Å². The van der Waals surface area contributed by atoms with Crippen LogP contribution >= 0.6 is 38.5 Å². The summed E-state index contributed by atoms with van der Waals surface area (Å²) in [4.78, 5) is 0. The zero-order chi connectivity index (χ0) is 7.56. The van der Waals surface area contributed by atoms with E-state index in [1.165, 1.54) is 12.1 Å². The van der Waals surface area contributed by atoms with Crippen molar-refractivity contribution in [2.24, 2.45) is 0 Å². The summed E-state index contributed by atoms with van der Waals surface area (Å²) in [5.74, 6) is -0.171. The molecule has 10 heavy (non-hydrogen) atoms. The van der Waals surface area contributed by atoms with Crippen molar-refractivity contribution in [3.05, 3.63) is 33.1 Å². The summed E-state index contributed by atoms with van der Waals surface area (Å²) in [6.07, 6.45) is 0. The van der Waals surface area contributed by atoms with Gasteiger partial charge in [-0.15, -0.1) is 0 Å². The second kappa shape index (κ2) is 3.67. The zero-order valence-corrected chi connectivity index (χ0v) is 8.82. The smallest absolute Gasteiger partial charge is 0.123 e. The van der Waals surface area contributed by atoms with E-state index < -0.39 is 0 Å². The third-order valence-electron chi connectivity index (χ3n) is 1.15. The molecule has 0 fully saturated rings. The second-order valence-corrected chi connectivity index (χ2v) is 3.59. The molecule has 0 spiro atoms. The van der Waals surface area contributed by atoms with Gasteiger partial charge >= 0.3 is 0 Å². The summed E-state index contributed by atoms with van der Waals surface area (Å²) in [7, 11) is 0. The lowest BCUT2D eigenvalue weighted by molar-refractivity contribution is 0.626. The normalized spacial score (nSPS) is 9.90. The van der Waals surface area contributed by atoms with Gasteiger partial charge < -0.3 is 0 Å². The Morgan fingerprint density at radius 1 is 1.50 bits per heavy atom. The van der Waals surface area contributed by atoms with Crippen LogP contribution in [0.4, 0.5) is 4.39 Å². The summed E-state index contributed by atoms with van der Waals surface area (Å²) in [5.41, 5.74) is 1.00. The van der Waals surface area contributed by atoms with Gasteiger partial charge in [0.1, 0.15) is 5.82 Å². The highest BCUT2D eigenvalue weighted by Gasteiger charge is 1.98. The van der Waals surface area contributed by atoms with Crippen LogP contribution in [-0.4, -0.2) is 0 Å². The molecular formula is C7H5BrFI. The van der Waals surface area contributed by atoms with E-state index in [-0.39, 0.29) is 5.82 Å². The van der Waals surface area contributed by atoms with E-state index in [0.717, 1.165) is 9.13 Å². The molecular weight excluding hydrogens is 310 g/mol. The molecule has 0 radical (unpaired) electrons. The fourth-order valence-electron chi connectivity index (χ4n) is 0.646. The Balaban J connectivity index is 3.09. The first-order chi connectivity index (χ1) is 4.74. The van der Waals surface area contributed by atoms with Crippen LogP contribution in [0.3, 0.4) is 0 Å². The van der Waals surface area contributed by atoms with E-state index in [1.54, 1.807) is 6.07 Å². The van der Waals surface area contributed by atoms with Gasteiger partial charge in [-0.3, -0.25) is 0 Å². The minimum atomic E-state index is -0.171. The molecule has 0 aliphatic carbocycles. The fraction of sp³-hybridized carbons (Fsp3) is 0.143. The molecule has 0 atom stereocenters. The second-order valence-electron chi connectivity index (χ2n) is 1.87. The molecule has 0 aromatic heterocycles. The van der Waals surface area contributed by atoms with Gasteiger partial charge in [0.05, 0.1) is 0 Å². The standard InChI is InChI=1S/C7H5BrFI/c8-4-5-3-6(9)1-2-7(5)10/h1-3H,4H2. The van der Waals surface area contributed by atoms with Crippen molar-refractivity contribution in [1.82, 2.24) is 0 Å². The van der Waals surface area contributed by atoms with Crippen molar-refractivity contribution in [3.63, 3.8) is 0 Å². The topological polar surface area (TPSA) is 0 Å².